The van der Waals surface area contributed by atoms with Crippen LogP contribution in [0.4, 0.5) is 0 Å². The number of hydrogen-bond acceptors (Lipinski definition) is 4. The van der Waals surface area contributed by atoms with E-state index in [9.17, 15) is 4.79 Å². The van der Waals surface area contributed by atoms with Gasteiger partial charge >= 0.3 is 0 Å². The van der Waals surface area contributed by atoms with Crippen molar-refractivity contribution >= 4 is 5.91 Å². The summed E-state index contributed by atoms with van der Waals surface area (Å²) in [6.45, 7) is 3.35. The average Bonchev–Trinajstić information content (AvgIpc) is 2.30. The maximum absolute atomic E-state index is 11.1. The number of amides is 1. The second-order valence-corrected chi connectivity index (χ2v) is 2.27. The first kappa shape index (κ1) is 8.73. The summed E-state index contributed by atoms with van der Waals surface area (Å²) in [5, 5.41) is 0. The molecule has 0 aliphatic carbocycles. The van der Waals surface area contributed by atoms with Crippen LogP contribution in [0.25, 0.3) is 0 Å². The molecule has 66 valence electrons. The minimum Gasteiger partial charge on any atom is -0.445 e. The predicted molar refractivity (Wildman–Crippen MR) is 40.5 cm³/mol. The number of hydroxylamine groups is 1. The predicted octanol–water partition coefficient (Wildman–Crippen LogP) is 0.583. The van der Waals surface area contributed by atoms with E-state index in [4.69, 9.17) is 4.42 Å². The first-order chi connectivity index (χ1) is 5.65. The molecule has 0 radical (unpaired) electrons. The number of carbonyl (C=O) groups is 1. The molecular formula is C7H10N2O3. The van der Waals surface area contributed by atoms with Crippen molar-refractivity contribution in [2.45, 2.75) is 13.8 Å². The van der Waals surface area contributed by atoms with E-state index in [2.05, 4.69) is 15.3 Å². The summed E-state index contributed by atoms with van der Waals surface area (Å²) in [5.74, 6) is 0.558. The molecule has 1 aromatic heterocycles. The normalized spacial score (nSPS) is 9.92. The Hall–Kier alpha value is -1.36. The molecule has 0 aliphatic rings. The van der Waals surface area contributed by atoms with Gasteiger partial charge in [0.1, 0.15) is 5.76 Å². The molecule has 12 heavy (non-hydrogen) atoms. The first-order valence-corrected chi connectivity index (χ1v) is 3.42. The highest BCUT2D eigenvalue weighted by molar-refractivity contribution is 5.92. The lowest BCUT2D eigenvalue weighted by atomic mass is 10.3. The molecule has 1 aromatic rings. The molecule has 0 aliphatic heterocycles. The van der Waals surface area contributed by atoms with Crippen molar-refractivity contribution in [3.63, 3.8) is 0 Å². The molecule has 0 spiro atoms. The quantitative estimate of drug-likeness (QED) is 0.659. The maximum atomic E-state index is 11.1. The van der Waals surface area contributed by atoms with Crippen LogP contribution in [-0.2, 0) is 4.84 Å². The number of carbonyl (C=O) groups excluding carboxylic acids is 1. The molecular weight excluding hydrogens is 160 g/mol. The van der Waals surface area contributed by atoms with Crippen molar-refractivity contribution in [3.05, 3.63) is 17.3 Å². The summed E-state index contributed by atoms with van der Waals surface area (Å²) < 4.78 is 5.05. The van der Waals surface area contributed by atoms with Crippen molar-refractivity contribution in [1.82, 2.24) is 10.5 Å². The Balaban J connectivity index is 2.87. The number of nitrogens with one attached hydrogen (secondary N) is 1. The molecule has 1 N–H and O–H groups in total. The highest BCUT2D eigenvalue weighted by Gasteiger charge is 2.14. The van der Waals surface area contributed by atoms with Crippen LogP contribution in [0.15, 0.2) is 4.42 Å². The van der Waals surface area contributed by atoms with E-state index in [1.165, 1.54) is 7.11 Å². The van der Waals surface area contributed by atoms with Crippen molar-refractivity contribution in [2.75, 3.05) is 7.11 Å². The minimum atomic E-state index is -0.396. The number of nitrogens with zero attached hydrogens (tertiary/aromatic N) is 1. The number of rotatable bonds is 2. The van der Waals surface area contributed by atoms with Gasteiger partial charge in [0.2, 0.25) is 0 Å². The minimum absolute atomic E-state index is 0.259. The fourth-order valence-corrected chi connectivity index (χ4v) is 0.881. The summed E-state index contributed by atoms with van der Waals surface area (Å²) >= 11 is 0. The van der Waals surface area contributed by atoms with Crippen molar-refractivity contribution in [3.8, 4) is 0 Å². The van der Waals surface area contributed by atoms with E-state index in [0.29, 0.717) is 11.7 Å². The topological polar surface area (TPSA) is 64.4 Å². The molecule has 5 heteroatoms. The summed E-state index contributed by atoms with van der Waals surface area (Å²) in [4.78, 5) is 19.4. The van der Waals surface area contributed by atoms with E-state index in [1.54, 1.807) is 13.8 Å². The number of aryl methyl sites for hydroxylation is 2. The molecule has 0 aromatic carbocycles. The molecule has 0 atom stereocenters. The standard InChI is InChI=1S/C7H10N2O3/c1-4-6(7(10)9-11-3)8-5(2)12-4/h1-3H3,(H,9,10). The maximum Gasteiger partial charge on any atom is 0.297 e. The third-order valence-electron chi connectivity index (χ3n) is 1.31. The third-order valence-corrected chi connectivity index (χ3v) is 1.31. The van der Waals surface area contributed by atoms with Crippen LogP contribution < -0.4 is 5.48 Å². The highest BCUT2D eigenvalue weighted by atomic mass is 16.6. The second-order valence-electron chi connectivity index (χ2n) is 2.27. The Bertz CT molecular complexity index is 293. The monoisotopic (exact) mass is 170 g/mol. The van der Waals surface area contributed by atoms with Crippen LogP contribution in [0.3, 0.4) is 0 Å². The van der Waals surface area contributed by atoms with E-state index in [0.717, 1.165) is 0 Å². The molecule has 0 saturated carbocycles. The molecule has 1 amide bonds. The Morgan fingerprint density at radius 1 is 1.58 bits per heavy atom. The van der Waals surface area contributed by atoms with Gasteiger partial charge in [-0.15, -0.1) is 0 Å². The fraction of sp³-hybridized carbons (Fsp3) is 0.429. The largest absolute Gasteiger partial charge is 0.445 e. The smallest absolute Gasteiger partial charge is 0.297 e. The number of oxazole rings is 1. The Kier molecular flexibility index (Phi) is 2.44. The molecule has 0 unspecified atom stereocenters. The summed E-state index contributed by atoms with van der Waals surface area (Å²) in [5.41, 5.74) is 2.41. The van der Waals surface area contributed by atoms with E-state index in [-0.39, 0.29) is 5.69 Å². The Morgan fingerprint density at radius 2 is 2.25 bits per heavy atom. The summed E-state index contributed by atoms with van der Waals surface area (Å²) in [7, 11) is 1.36. The number of hydrogen-bond donors (Lipinski definition) is 1. The lowest BCUT2D eigenvalue weighted by Crippen LogP contribution is -2.22. The van der Waals surface area contributed by atoms with Crippen LogP contribution in [-0.4, -0.2) is 18.0 Å². The molecule has 0 bridgehead atoms. The van der Waals surface area contributed by atoms with Crippen LogP contribution in [0.5, 0.6) is 0 Å². The van der Waals surface area contributed by atoms with E-state index >= 15 is 0 Å². The summed E-state index contributed by atoms with van der Waals surface area (Å²) in [6.07, 6.45) is 0. The first-order valence-electron chi connectivity index (χ1n) is 3.42. The Labute approximate surface area is 69.7 Å². The van der Waals surface area contributed by atoms with Crippen molar-refractivity contribution < 1.29 is 14.0 Å². The van der Waals surface area contributed by atoms with Gasteiger partial charge < -0.3 is 4.42 Å². The van der Waals surface area contributed by atoms with Crippen molar-refractivity contribution in [2.24, 2.45) is 0 Å². The SMILES string of the molecule is CONC(=O)c1nc(C)oc1C. The lowest BCUT2D eigenvalue weighted by Gasteiger charge is -1.96. The van der Waals surface area contributed by atoms with Gasteiger partial charge in [-0.05, 0) is 6.92 Å². The Morgan fingerprint density at radius 3 is 2.67 bits per heavy atom. The summed E-state index contributed by atoms with van der Waals surface area (Å²) in [6, 6.07) is 0. The van der Waals surface area contributed by atoms with Gasteiger partial charge in [0.05, 0.1) is 7.11 Å². The number of aromatic nitrogens is 1. The zero-order chi connectivity index (χ0) is 9.14. The molecule has 0 fully saturated rings. The second kappa shape index (κ2) is 3.36. The highest BCUT2D eigenvalue weighted by Crippen LogP contribution is 2.07. The zero-order valence-corrected chi connectivity index (χ0v) is 7.17. The van der Waals surface area contributed by atoms with Gasteiger partial charge in [0, 0.05) is 6.92 Å². The van der Waals surface area contributed by atoms with Gasteiger partial charge in [-0.3, -0.25) is 9.63 Å². The molecule has 5 nitrogen and oxygen atoms in total. The molecule has 1 heterocycles. The van der Waals surface area contributed by atoms with Crippen LogP contribution in [0, 0.1) is 13.8 Å². The van der Waals surface area contributed by atoms with E-state index in [1.807, 2.05) is 0 Å². The van der Waals surface area contributed by atoms with Gasteiger partial charge in [-0.1, -0.05) is 0 Å². The lowest BCUT2D eigenvalue weighted by molar-refractivity contribution is 0.0531. The molecule has 1 rings (SSSR count). The van der Waals surface area contributed by atoms with Crippen LogP contribution in [0.2, 0.25) is 0 Å². The third kappa shape index (κ3) is 1.62. The van der Waals surface area contributed by atoms with Crippen LogP contribution >= 0.6 is 0 Å². The van der Waals surface area contributed by atoms with Gasteiger partial charge in [0.15, 0.2) is 11.6 Å². The zero-order valence-electron chi connectivity index (χ0n) is 7.17. The molecule has 0 saturated heterocycles. The van der Waals surface area contributed by atoms with Gasteiger partial charge in [-0.25, -0.2) is 10.5 Å². The van der Waals surface area contributed by atoms with Gasteiger partial charge in [-0.2, -0.15) is 0 Å². The van der Waals surface area contributed by atoms with Crippen molar-refractivity contribution in [1.29, 1.82) is 0 Å². The van der Waals surface area contributed by atoms with E-state index < -0.39 is 5.91 Å². The van der Waals surface area contributed by atoms with Crippen LogP contribution in [0.1, 0.15) is 22.1 Å². The van der Waals surface area contributed by atoms with Gasteiger partial charge in [0.25, 0.3) is 5.91 Å². The average molecular weight is 170 g/mol. The fourth-order valence-electron chi connectivity index (χ4n) is 0.881.